The minimum Gasteiger partial charge on any atom is -0.294 e. The van der Waals surface area contributed by atoms with Gasteiger partial charge in [0.05, 0.1) is 5.56 Å². The van der Waals surface area contributed by atoms with E-state index in [2.05, 4.69) is 9.98 Å². The molecule has 0 radical (unpaired) electrons. The molecule has 1 aromatic heterocycles. The highest BCUT2D eigenvalue weighted by Crippen LogP contribution is 2.19. The average molecular weight is 256 g/mol. The fourth-order valence-corrected chi connectivity index (χ4v) is 1.04. The first-order valence-corrected chi connectivity index (χ1v) is 3.38. The Kier molecular flexibility index (Phi) is 7.64. The van der Waals surface area contributed by atoms with Gasteiger partial charge < -0.3 is 0 Å². The zero-order chi connectivity index (χ0) is 7.68. The van der Waals surface area contributed by atoms with E-state index in [0.29, 0.717) is 17.8 Å². The summed E-state index contributed by atoms with van der Waals surface area (Å²) in [5.74, 6) is 0.645. The van der Waals surface area contributed by atoms with Crippen LogP contribution in [0, 0.1) is 0 Å². The average Bonchev–Trinajstić information content (AvgIpc) is 2.06. The summed E-state index contributed by atoms with van der Waals surface area (Å²) in [7, 11) is 0. The molecule has 2 rings (SSSR count). The van der Waals surface area contributed by atoms with Gasteiger partial charge in [-0.1, -0.05) is 0 Å². The molecule has 6 heteroatoms. The summed E-state index contributed by atoms with van der Waals surface area (Å²) in [5, 5.41) is 0. The Bertz CT molecular complexity index is 341. The first kappa shape index (κ1) is 15.8. The molecule has 0 fully saturated rings. The van der Waals surface area contributed by atoms with Crippen LogP contribution in [-0.4, -0.2) is 17.0 Å². The number of hydrogen-bond donors (Lipinski definition) is 0. The Morgan fingerprint density at radius 1 is 1.21 bits per heavy atom. The van der Waals surface area contributed by atoms with E-state index in [1.54, 1.807) is 24.5 Å². The summed E-state index contributed by atoms with van der Waals surface area (Å²) in [6.07, 6.45) is 3.63. The van der Waals surface area contributed by atoms with Gasteiger partial charge in [0.2, 0.25) is 0 Å². The predicted octanol–water partition coefficient (Wildman–Crippen LogP) is 2.64. The first-order valence-electron chi connectivity index (χ1n) is 3.38. The second-order valence-corrected chi connectivity index (χ2v) is 2.31. The molecule has 0 atom stereocenters. The van der Waals surface area contributed by atoms with Gasteiger partial charge in [0, 0.05) is 18.8 Å². The normalized spacial score (nSPS) is 11.6. The third kappa shape index (κ3) is 2.94. The SMILES string of the molecule is Cl.Cl.Cl.O=C1CC=Nc2ncccc21. The van der Waals surface area contributed by atoms with E-state index in [0.717, 1.165) is 0 Å². The highest BCUT2D eigenvalue weighted by molar-refractivity contribution is 6.09. The number of fused-ring (bicyclic) bond motifs is 1. The van der Waals surface area contributed by atoms with Crippen molar-refractivity contribution < 1.29 is 4.79 Å². The van der Waals surface area contributed by atoms with E-state index < -0.39 is 0 Å². The summed E-state index contributed by atoms with van der Waals surface area (Å²) in [6, 6.07) is 3.50. The molecule has 0 saturated carbocycles. The number of nitrogens with zero attached hydrogens (tertiary/aromatic N) is 2. The van der Waals surface area contributed by atoms with E-state index in [-0.39, 0.29) is 43.0 Å². The second-order valence-electron chi connectivity index (χ2n) is 2.31. The van der Waals surface area contributed by atoms with Gasteiger partial charge in [-0.3, -0.25) is 4.79 Å². The maximum absolute atomic E-state index is 11.2. The lowest BCUT2D eigenvalue weighted by molar-refractivity contribution is 0.100. The van der Waals surface area contributed by atoms with Gasteiger partial charge in [0.15, 0.2) is 11.6 Å². The van der Waals surface area contributed by atoms with Gasteiger partial charge in [-0.15, -0.1) is 37.2 Å². The smallest absolute Gasteiger partial charge is 0.171 e. The van der Waals surface area contributed by atoms with Crippen molar-refractivity contribution in [3.8, 4) is 0 Å². The van der Waals surface area contributed by atoms with Crippen LogP contribution in [0.1, 0.15) is 16.8 Å². The zero-order valence-corrected chi connectivity index (χ0v) is 9.49. The Balaban J connectivity index is 0. The number of carbonyl (C=O) groups excluding carboxylic acids is 1. The maximum Gasteiger partial charge on any atom is 0.171 e. The van der Waals surface area contributed by atoms with Crippen molar-refractivity contribution in [3.05, 3.63) is 23.9 Å². The maximum atomic E-state index is 11.2. The zero-order valence-electron chi connectivity index (χ0n) is 7.04. The number of halogens is 3. The van der Waals surface area contributed by atoms with Crippen molar-refractivity contribution in [2.45, 2.75) is 6.42 Å². The molecule has 1 aliphatic heterocycles. The van der Waals surface area contributed by atoms with Crippen LogP contribution in [-0.2, 0) is 0 Å². The van der Waals surface area contributed by atoms with Crippen molar-refractivity contribution in [2.24, 2.45) is 4.99 Å². The summed E-state index contributed by atoms with van der Waals surface area (Å²) in [5.41, 5.74) is 0.634. The van der Waals surface area contributed by atoms with Crippen LogP contribution in [0.3, 0.4) is 0 Å². The predicted molar refractivity (Wildman–Crippen MR) is 63.1 cm³/mol. The molecule has 0 N–H and O–H groups in total. The lowest BCUT2D eigenvalue weighted by Gasteiger charge is -2.04. The van der Waals surface area contributed by atoms with Crippen molar-refractivity contribution in [1.82, 2.24) is 4.98 Å². The molecule has 0 spiro atoms. The molecule has 78 valence electrons. The molecule has 0 saturated heterocycles. The fraction of sp³-hybridized carbons (Fsp3) is 0.125. The van der Waals surface area contributed by atoms with E-state index >= 15 is 0 Å². The van der Waals surface area contributed by atoms with Crippen molar-refractivity contribution >= 4 is 55.0 Å². The van der Waals surface area contributed by atoms with Crippen LogP contribution in [0.2, 0.25) is 0 Å². The lowest BCUT2D eigenvalue weighted by atomic mass is 10.1. The molecule has 0 bridgehead atoms. The lowest BCUT2D eigenvalue weighted by Crippen LogP contribution is -2.04. The molecule has 0 amide bonds. The minimum absolute atomic E-state index is 0. The van der Waals surface area contributed by atoms with Crippen LogP contribution in [0.5, 0.6) is 0 Å². The molecule has 14 heavy (non-hydrogen) atoms. The third-order valence-corrected chi connectivity index (χ3v) is 1.58. The molecule has 0 unspecified atom stereocenters. The van der Waals surface area contributed by atoms with Crippen LogP contribution < -0.4 is 0 Å². The van der Waals surface area contributed by atoms with E-state index in [4.69, 9.17) is 0 Å². The summed E-state index contributed by atoms with van der Waals surface area (Å²) in [4.78, 5) is 19.1. The fourth-order valence-electron chi connectivity index (χ4n) is 1.04. The first-order chi connectivity index (χ1) is 5.38. The number of ketones is 1. The Hall–Kier alpha value is -0.640. The van der Waals surface area contributed by atoms with Crippen LogP contribution in [0.4, 0.5) is 5.82 Å². The van der Waals surface area contributed by atoms with Crippen LogP contribution in [0.15, 0.2) is 23.3 Å². The number of Topliss-reactive ketones (excluding diaryl/α,β-unsaturated/α-hetero) is 1. The number of aliphatic imine (C=N–C) groups is 1. The van der Waals surface area contributed by atoms with Gasteiger partial charge in [-0.05, 0) is 12.1 Å². The monoisotopic (exact) mass is 254 g/mol. The number of carbonyl (C=O) groups is 1. The third-order valence-electron chi connectivity index (χ3n) is 1.58. The molecular weight excluding hydrogens is 246 g/mol. The standard InChI is InChI=1S/C8H6N2O.3ClH/c11-7-3-5-10-8-6(7)2-1-4-9-8;;;/h1-2,4-5H,3H2;3*1H. The molecule has 3 nitrogen and oxygen atoms in total. The highest BCUT2D eigenvalue weighted by atomic mass is 35.5. The van der Waals surface area contributed by atoms with Gasteiger partial charge in [-0.2, -0.15) is 0 Å². The number of pyridine rings is 1. The van der Waals surface area contributed by atoms with Crippen molar-refractivity contribution in [1.29, 1.82) is 0 Å². The molecular formula is C8H9Cl3N2O. The van der Waals surface area contributed by atoms with Gasteiger partial charge >= 0.3 is 0 Å². The summed E-state index contributed by atoms with van der Waals surface area (Å²) < 4.78 is 0. The number of rotatable bonds is 0. The van der Waals surface area contributed by atoms with Gasteiger partial charge in [0.1, 0.15) is 0 Å². The van der Waals surface area contributed by atoms with E-state index in [1.807, 2.05) is 0 Å². The number of hydrogen-bond acceptors (Lipinski definition) is 3. The van der Waals surface area contributed by atoms with Gasteiger partial charge in [0.25, 0.3) is 0 Å². The minimum atomic E-state index is 0. The van der Waals surface area contributed by atoms with Crippen molar-refractivity contribution in [3.63, 3.8) is 0 Å². The molecule has 1 aromatic rings. The molecule has 1 aliphatic rings. The molecule has 0 aromatic carbocycles. The van der Waals surface area contributed by atoms with E-state index in [9.17, 15) is 4.79 Å². The Morgan fingerprint density at radius 3 is 2.57 bits per heavy atom. The summed E-state index contributed by atoms with van der Waals surface area (Å²) in [6.45, 7) is 0. The van der Waals surface area contributed by atoms with Gasteiger partial charge in [-0.25, -0.2) is 9.98 Å². The molecule has 0 aliphatic carbocycles. The summed E-state index contributed by atoms with van der Waals surface area (Å²) >= 11 is 0. The van der Waals surface area contributed by atoms with Crippen LogP contribution >= 0.6 is 37.2 Å². The van der Waals surface area contributed by atoms with E-state index in [1.165, 1.54) is 0 Å². The van der Waals surface area contributed by atoms with Crippen molar-refractivity contribution in [2.75, 3.05) is 0 Å². The molecule has 2 heterocycles. The van der Waals surface area contributed by atoms with Crippen LogP contribution in [0.25, 0.3) is 0 Å². The largest absolute Gasteiger partial charge is 0.294 e. The second kappa shape index (κ2) is 6.76. The topological polar surface area (TPSA) is 42.3 Å². The highest BCUT2D eigenvalue weighted by Gasteiger charge is 2.13. The Morgan fingerprint density at radius 2 is 1.93 bits per heavy atom. The number of aromatic nitrogens is 1. The Labute approximate surface area is 100 Å². The quantitative estimate of drug-likeness (QED) is 0.715.